The van der Waals surface area contributed by atoms with Crippen LogP contribution in [0.15, 0.2) is 48.5 Å². The summed E-state index contributed by atoms with van der Waals surface area (Å²) < 4.78 is 8.27. The Kier molecular flexibility index (Phi) is 7.65. The summed E-state index contributed by atoms with van der Waals surface area (Å²) in [6.45, 7) is 5.25. The van der Waals surface area contributed by atoms with Gasteiger partial charge in [-0.2, -0.15) is 0 Å². The fourth-order valence-electron chi connectivity index (χ4n) is 4.35. The smallest absolute Gasteiger partial charge is 0.137 e. The third kappa shape index (κ3) is 5.55. The van der Waals surface area contributed by atoms with Crippen LogP contribution in [0.4, 0.5) is 0 Å². The topological polar surface area (TPSA) is 30.3 Å². The second kappa shape index (κ2) is 10.8. The van der Waals surface area contributed by atoms with E-state index in [0.29, 0.717) is 11.6 Å². The van der Waals surface area contributed by atoms with E-state index in [2.05, 4.69) is 33.7 Å². The van der Waals surface area contributed by atoms with Crippen molar-refractivity contribution in [2.45, 2.75) is 51.5 Å². The number of hydrogen-bond acceptors (Lipinski definition) is 3. The molecule has 0 unspecified atom stereocenters. The van der Waals surface area contributed by atoms with E-state index in [9.17, 15) is 0 Å². The molecule has 1 aromatic heterocycles. The first-order chi connectivity index (χ1) is 14.8. The fraction of sp³-hybridized carbons (Fsp3) is 0.480. The average molecular weight is 426 g/mol. The Morgan fingerprint density at radius 2 is 1.63 bits per heavy atom. The number of rotatable bonds is 9. The number of hydrogen-bond donors (Lipinski definition) is 0. The van der Waals surface area contributed by atoms with Gasteiger partial charge in [-0.3, -0.25) is 0 Å². The quantitative estimate of drug-likeness (QED) is 0.396. The van der Waals surface area contributed by atoms with Gasteiger partial charge in [0.2, 0.25) is 0 Å². The van der Waals surface area contributed by atoms with E-state index in [1.165, 1.54) is 63.1 Å². The summed E-state index contributed by atoms with van der Waals surface area (Å²) in [5.41, 5.74) is 2.31. The van der Waals surface area contributed by atoms with E-state index in [1.54, 1.807) is 0 Å². The number of imidazole rings is 1. The van der Waals surface area contributed by atoms with Gasteiger partial charge in [-0.25, -0.2) is 4.98 Å². The summed E-state index contributed by atoms with van der Waals surface area (Å²) in [5.74, 6) is 1.95. The summed E-state index contributed by atoms with van der Waals surface area (Å²) in [7, 11) is 0. The Bertz CT molecular complexity index is 931. The number of fused-ring (bicyclic) bond motifs is 1. The molecule has 160 valence electrons. The Balaban J connectivity index is 1.35. The number of aryl methyl sites for hydroxylation is 2. The number of aromatic nitrogens is 2. The van der Waals surface area contributed by atoms with Crippen molar-refractivity contribution in [3.63, 3.8) is 0 Å². The first-order valence-corrected chi connectivity index (χ1v) is 11.7. The van der Waals surface area contributed by atoms with E-state index in [4.69, 9.17) is 21.3 Å². The zero-order chi connectivity index (χ0) is 20.6. The maximum atomic E-state index is 6.19. The molecule has 0 bridgehead atoms. The molecule has 0 radical (unpaired) electrons. The maximum Gasteiger partial charge on any atom is 0.137 e. The zero-order valence-electron chi connectivity index (χ0n) is 17.7. The van der Waals surface area contributed by atoms with Gasteiger partial charge in [0, 0.05) is 13.0 Å². The average Bonchev–Trinajstić information content (AvgIpc) is 2.92. The zero-order valence-corrected chi connectivity index (χ0v) is 18.5. The van der Waals surface area contributed by atoms with Crippen molar-refractivity contribution >= 4 is 22.6 Å². The molecule has 3 aromatic rings. The summed E-state index contributed by atoms with van der Waals surface area (Å²) >= 11 is 6.19. The van der Waals surface area contributed by atoms with Crippen molar-refractivity contribution in [2.75, 3.05) is 26.2 Å². The minimum absolute atomic E-state index is 0.642. The normalized spacial score (nSPS) is 15.4. The molecule has 1 saturated heterocycles. The predicted octanol–water partition coefficient (Wildman–Crippen LogP) is 5.97. The first kappa shape index (κ1) is 21.2. The van der Waals surface area contributed by atoms with Gasteiger partial charge in [0.25, 0.3) is 0 Å². The van der Waals surface area contributed by atoms with Gasteiger partial charge < -0.3 is 14.2 Å². The number of para-hydroxylation sites is 3. The number of ether oxygens (including phenoxy) is 1. The van der Waals surface area contributed by atoms with Gasteiger partial charge in [0.1, 0.15) is 11.6 Å². The molecular formula is C25H32ClN3O. The molecule has 0 spiro atoms. The molecule has 1 aliphatic rings. The Labute approximate surface area is 184 Å². The lowest BCUT2D eigenvalue weighted by atomic mass is 10.2. The molecule has 4 rings (SSSR count). The summed E-state index contributed by atoms with van der Waals surface area (Å²) in [4.78, 5) is 7.58. The van der Waals surface area contributed by atoms with Crippen LogP contribution in [0, 0.1) is 0 Å². The molecule has 4 nitrogen and oxygen atoms in total. The number of nitrogens with zero attached hydrogens (tertiary/aromatic N) is 3. The van der Waals surface area contributed by atoms with Crippen molar-refractivity contribution in [2.24, 2.45) is 0 Å². The maximum absolute atomic E-state index is 6.19. The molecule has 1 aliphatic heterocycles. The van der Waals surface area contributed by atoms with Crippen LogP contribution < -0.4 is 4.74 Å². The van der Waals surface area contributed by atoms with Crippen LogP contribution in [0.2, 0.25) is 5.02 Å². The van der Waals surface area contributed by atoms with E-state index >= 15 is 0 Å². The Hall–Kier alpha value is -2.04. The lowest BCUT2D eigenvalue weighted by Gasteiger charge is -2.19. The third-order valence-electron chi connectivity index (χ3n) is 5.93. The lowest BCUT2D eigenvalue weighted by Crippen LogP contribution is -2.26. The highest BCUT2D eigenvalue weighted by atomic mass is 35.5. The minimum atomic E-state index is 0.642. The Morgan fingerprint density at radius 1 is 0.867 bits per heavy atom. The van der Waals surface area contributed by atoms with E-state index in [0.717, 1.165) is 30.7 Å². The highest BCUT2D eigenvalue weighted by molar-refractivity contribution is 6.32. The van der Waals surface area contributed by atoms with E-state index < -0.39 is 0 Å². The van der Waals surface area contributed by atoms with Crippen LogP contribution in [0.25, 0.3) is 11.0 Å². The van der Waals surface area contributed by atoms with Crippen LogP contribution in [0.3, 0.4) is 0 Å². The van der Waals surface area contributed by atoms with Crippen LogP contribution in [-0.4, -0.2) is 40.7 Å². The highest BCUT2D eigenvalue weighted by Gasteiger charge is 2.13. The summed E-state index contributed by atoms with van der Waals surface area (Å²) in [5, 5.41) is 0.666. The van der Waals surface area contributed by atoms with Crippen molar-refractivity contribution in [3.8, 4) is 5.75 Å². The molecule has 2 aromatic carbocycles. The van der Waals surface area contributed by atoms with Gasteiger partial charge >= 0.3 is 0 Å². The van der Waals surface area contributed by atoms with Gasteiger partial charge in [0.05, 0.1) is 22.7 Å². The number of benzene rings is 2. The standard InChI is InChI=1S/C25H32ClN3O/c26-21-11-3-6-14-24(21)30-20-10-19-29-23-13-5-4-12-22(23)27-25(29)15-9-18-28-16-7-1-2-8-17-28/h3-6,11-14H,1-2,7-10,15-20H2. The lowest BCUT2D eigenvalue weighted by molar-refractivity contribution is 0.280. The van der Waals surface area contributed by atoms with Crippen LogP contribution >= 0.6 is 11.6 Å². The van der Waals surface area contributed by atoms with Crippen molar-refractivity contribution < 1.29 is 4.74 Å². The predicted molar refractivity (Wildman–Crippen MR) is 125 cm³/mol. The molecule has 0 aliphatic carbocycles. The fourth-order valence-corrected chi connectivity index (χ4v) is 4.54. The van der Waals surface area contributed by atoms with Crippen LogP contribution in [-0.2, 0) is 13.0 Å². The van der Waals surface area contributed by atoms with Gasteiger partial charge in [-0.15, -0.1) is 0 Å². The minimum Gasteiger partial charge on any atom is -0.492 e. The molecule has 0 amide bonds. The molecule has 2 heterocycles. The van der Waals surface area contributed by atoms with E-state index in [1.807, 2.05) is 24.3 Å². The third-order valence-corrected chi connectivity index (χ3v) is 6.24. The largest absolute Gasteiger partial charge is 0.492 e. The van der Waals surface area contributed by atoms with Crippen LogP contribution in [0.5, 0.6) is 5.75 Å². The molecule has 1 fully saturated rings. The molecule has 0 saturated carbocycles. The first-order valence-electron chi connectivity index (χ1n) is 11.3. The highest BCUT2D eigenvalue weighted by Crippen LogP contribution is 2.23. The second-order valence-electron chi connectivity index (χ2n) is 8.16. The van der Waals surface area contributed by atoms with Crippen LogP contribution in [0.1, 0.15) is 44.3 Å². The molecule has 30 heavy (non-hydrogen) atoms. The Morgan fingerprint density at radius 3 is 2.47 bits per heavy atom. The molecule has 0 atom stereocenters. The van der Waals surface area contributed by atoms with Crippen molar-refractivity contribution in [1.82, 2.24) is 14.5 Å². The molecular weight excluding hydrogens is 394 g/mol. The molecule has 5 heteroatoms. The van der Waals surface area contributed by atoms with Gasteiger partial charge in [-0.1, -0.05) is 48.7 Å². The van der Waals surface area contributed by atoms with Crippen molar-refractivity contribution in [1.29, 1.82) is 0 Å². The SMILES string of the molecule is Clc1ccccc1OCCCn1c(CCCN2CCCCCC2)nc2ccccc21. The van der Waals surface area contributed by atoms with Gasteiger partial charge in [-0.05, 0) is 69.6 Å². The molecule has 0 N–H and O–H groups in total. The monoisotopic (exact) mass is 425 g/mol. The number of likely N-dealkylation sites (tertiary alicyclic amines) is 1. The second-order valence-corrected chi connectivity index (χ2v) is 8.57. The summed E-state index contributed by atoms with van der Waals surface area (Å²) in [6, 6.07) is 16.1. The van der Waals surface area contributed by atoms with Gasteiger partial charge in [0.15, 0.2) is 0 Å². The van der Waals surface area contributed by atoms with E-state index in [-0.39, 0.29) is 0 Å². The summed E-state index contributed by atoms with van der Waals surface area (Å²) in [6.07, 6.45) is 8.60. The number of halogens is 1. The van der Waals surface area contributed by atoms with Crippen molar-refractivity contribution in [3.05, 3.63) is 59.4 Å².